The second-order valence-corrected chi connectivity index (χ2v) is 9.52. The summed E-state index contributed by atoms with van der Waals surface area (Å²) in [5, 5.41) is 12.3. The number of halogens is 1. The predicted octanol–water partition coefficient (Wildman–Crippen LogP) is 3.50. The molecule has 6 nitrogen and oxygen atoms in total. The minimum atomic E-state index is -1.33. The van der Waals surface area contributed by atoms with E-state index < -0.39 is 11.0 Å². The van der Waals surface area contributed by atoms with Gasteiger partial charge in [-0.25, -0.2) is 13.3 Å². The highest BCUT2D eigenvalue weighted by atomic mass is 32.2. The number of hydrogen-bond donors (Lipinski definition) is 3. The van der Waals surface area contributed by atoms with Crippen molar-refractivity contribution in [2.45, 2.75) is 43.2 Å². The van der Waals surface area contributed by atoms with Gasteiger partial charge in [-0.1, -0.05) is 24.3 Å². The van der Waals surface area contributed by atoms with Gasteiger partial charge in [0.1, 0.15) is 16.8 Å². The maximum absolute atomic E-state index is 13.0. The SMILES string of the molecule is O=C(NCc1ccc(F)cc1)C1CCC(NS(=O)c2ccc(-c3cc[n+](O)cc3)cc2)CC1. The zero-order chi connectivity index (χ0) is 23.2. The zero-order valence-corrected chi connectivity index (χ0v) is 18.9. The lowest BCUT2D eigenvalue weighted by Crippen LogP contribution is -2.39. The molecule has 1 saturated carbocycles. The van der Waals surface area contributed by atoms with Crippen LogP contribution < -0.4 is 14.8 Å². The molecule has 0 radical (unpaired) electrons. The number of carbonyl (C=O) groups excluding carboxylic acids is 1. The van der Waals surface area contributed by atoms with E-state index in [0.29, 0.717) is 11.4 Å². The fourth-order valence-electron chi connectivity index (χ4n) is 4.01. The standard InChI is InChI=1S/C25H26FN3O3S/c26-22-7-1-18(2-8-22)17-27-25(30)21-3-9-23(10-4-21)28-33(32)24-11-5-19(6-12-24)20-13-15-29(31)16-14-20/h1-2,5-8,11-16,21,23,28H,3-4,9-10,17H2,(H-,27,30,31)/p+1. The first kappa shape index (κ1) is 23.1. The van der Waals surface area contributed by atoms with Crippen molar-refractivity contribution in [1.29, 1.82) is 0 Å². The van der Waals surface area contributed by atoms with Gasteiger partial charge in [-0.3, -0.25) is 10.0 Å². The lowest BCUT2D eigenvalue weighted by Gasteiger charge is -2.28. The lowest BCUT2D eigenvalue weighted by atomic mass is 9.86. The van der Waals surface area contributed by atoms with Gasteiger partial charge in [0.05, 0.1) is 4.90 Å². The Morgan fingerprint density at radius 2 is 1.55 bits per heavy atom. The van der Waals surface area contributed by atoms with E-state index in [2.05, 4.69) is 10.0 Å². The molecule has 0 bridgehead atoms. The van der Waals surface area contributed by atoms with E-state index in [0.717, 1.165) is 47.1 Å². The molecule has 3 aromatic rings. The fourth-order valence-corrected chi connectivity index (χ4v) is 5.07. The second kappa shape index (κ2) is 10.7. The quantitative estimate of drug-likeness (QED) is 0.367. The highest BCUT2D eigenvalue weighted by molar-refractivity contribution is 7.83. The molecule has 8 heteroatoms. The normalized spacial score (nSPS) is 19.1. The topological polar surface area (TPSA) is 82.3 Å². The molecule has 172 valence electrons. The van der Waals surface area contributed by atoms with Crippen molar-refractivity contribution in [2.24, 2.45) is 5.92 Å². The van der Waals surface area contributed by atoms with Crippen LogP contribution in [0, 0.1) is 11.7 Å². The predicted molar refractivity (Wildman–Crippen MR) is 123 cm³/mol. The van der Waals surface area contributed by atoms with Gasteiger partial charge in [-0.05, 0) is 66.6 Å². The average Bonchev–Trinajstić information content (AvgIpc) is 2.84. The van der Waals surface area contributed by atoms with Crippen molar-refractivity contribution in [1.82, 2.24) is 10.0 Å². The number of pyridine rings is 1. The average molecular weight is 469 g/mol. The Hall–Kier alpha value is -3.10. The second-order valence-electron chi connectivity index (χ2n) is 8.27. The Bertz CT molecular complexity index is 1100. The van der Waals surface area contributed by atoms with E-state index in [1.807, 2.05) is 24.3 Å². The number of hydrogen-bond acceptors (Lipinski definition) is 3. The number of nitrogens with zero attached hydrogens (tertiary/aromatic N) is 1. The molecule has 1 aromatic heterocycles. The van der Waals surface area contributed by atoms with E-state index in [1.54, 1.807) is 36.7 Å². The molecule has 2 aromatic carbocycles. The van der Waals surface area contributed by atoms with Gasteiger partial charge in [0.15, 0.2) is 0 Å². The Kier molecular flexibility index (Phi) is 7.47. The fraction of sp³-hybridized carbons (Fsp3) is 0.280. The summed E-state index contributed by atoms with van der Waals surface area (Å²) in [6.45, 7) is 0.389. The van der Waals surface area contributed by atoms with Crippen LogP contribution in [0.2, 0.25) is 0 Å². The van der Waals surface area contributed by atoms with Crippen LogP contribution in [0.25, 0.3) is 11.1 Å². The monoisotopic (exact) mass is 468 g/mol. The third kappa shape index (κ3) is 6.24. The van der Waals surface area contributed by atoms with Gasteiger partial charge in [0, 0.05) is 35.4 Å². The van der Waals surface area contributed by atoms with Gasteiger partial charge in [0.25, 0.3) is 0 Å². The third-order valence-corrected chi connectivity index (χ3v) is 7.21. The summed E-state index contributed by atoms with van der Waals surface area (Å²) in [5.41, 5.74) is 2.80. The molecule has 3 N–H and O–H groups in total. The van der Waals surface area contributed by atoms with Crippen LogP contribution in [-0.2, 0) is 22.3 Å². The van der Waals surface area contributed by atoms with Gasteiger partial charge in [0.2, 0.25) is 18.3 Å². The Morgan fingerprint density at radius 3 is 2.18 bits per heavy atom. The van der Waals surface area contributed by atoms with Crippen molar-refractivity contribution >= 4 is 16.9 Å². The van der Waals surface area contributed by atoms with Gasteiger partial charge in [-0.2, -0.15) is 0 Å². The van der Waals surface area contributed by atoms with Crippen LogP contribution in [0.1, 0.15) is 31.2 Å². The van der Waals surface area contributed by atoms with Gasteiger partial charge >= 0.3 is 0 Å². The number of benzene rings is 2. The molecule has 1 unspecified atom stereocenters. The van der Waals surface area contributed by atoms with Crippen molar-refractivity contribution in [3.05, 3.63) is 84.4 Å². The molecule has 1 heterocycles. The molecule has 0 spiro atoms. The van der Waals surface area contributed by atoms with Crippen LogP contribution in [0.5, 0.6) is 0 Å². The molecular weight excluding hydrogens is 441 g/mol. The molecule has 0 aliphatic heterocycles. The first-order valence-electron chi connectivity index (χ1n) is 11.0. The van der Waals surface area contributed by atoms with E-state index in [9.17, 15) is 18.6 Å². The number of carbonyl (C=O) groups is 1. The van der Waals surface area contributed by atoms with E-state index in [4.69, 9.17) is 0 Å². The minimum absolute atomic E-state index is 0.0158. The van der Waals surface area contributed by atoms with Crippen LogP contribution in [0.4, 0.5) is 4.39 Å². The van der Waals surface area contributed by atoms with Crippen molar-refractivity contribution in [2.75, 3.05) is 0 Å². The smallest absolute Gasteiger partial charge is 0.223 e. The van der Waals surface area contributed by atoms with Crippen molar-refractivity contribution < 1.29 is 23.3 Å². The van der Waals surface area contributed by atoms with Crippen LogP contribution in [0.15, 0.2) is 78.0 Å². The maximum Gasteiger partial charge on any atom is 0.223 e. The largest absolute Gasteiger partial charge is 0.352 e. The van der Waals surface area contributed by atoms with Crippen LogP contribution in [-0.4, -0.2) is 21.4 Å². The summed E-state index contributed by atoms with van der Waals surface area (Å²) in [4.78, 5) is 13.2. The zero-order valence-electron chi connectivity index (χ0n) is 18.1. The molecule has 1 fully saturated rings. The minimum Gasteiger partial charge on any atom is -0.352 e. The Labute approximate surface area is 195 Å². The number of nitrogens with one attached hydrogen (secondary N) is 2. The molecule has 1 amide bonds. The Morgan fingerprint density at radius 1 is 0.939 bits per heavy atom. The summed E-state index contributed by atoms with van der Waals surface area (Å²) in [7, 11) is -1.33. The van der Waals surface area contributed by atoms with E-state index in [-0.39, 0.29) is 23.7 Å². The first-order valence-corrected chi connectivity index (χ1v) is 12.1. The number of aromatic nitrogens is 1. The highest BCUT2D eigenvalue weighted by Crippen LogP contribution is 2.26. The molecule has 1 aliphatic rings. The molecule has 0 saturated heterocycles. The summed E-state index contributed by atoms with van der Waals surface area (Å²) in [6.07, 6.45) is 6.15. The molecule has 1 atom stereocenters. The molecular formula is C25H27FN3O3S+. The van der Waals surface area contributed by atoms with Crippen molar-refractivity contribution in [3.63, 3.8) is 0 Å². The summed E-state index contributed by atoms with van der Waals surface area (Å²) in [5.74, 6) is -0.331. The summed E-state index contributed by atoms with van der Waals surface area (Å²) < 4.78 is 29.9. The molecule has 33 heavy (non-hydrogen) atoms. The molecule has 4 rings (SSSR count). The first-order chi connectivity index (χ1) is 16.0. The van der Waals surface area contributed by atoms with Crippen LogP contribution >= 0.6 is 0 Å². The summed E-state index contributed by atoms with van der Waals surface area (Å²) >= 11 is 0. The Balaban J connectivity index is 1.23. The highest BCUT2D eigenvalue weighted by Gasteiger charge is 2.27. The lowest BCUT2D eigenvalue weighted by molar-refractivity contribution is -0.904. The van der Waals surface area contributed by atoms with Crippen molar-refractivity contribution in [3.8, 4) is 11.1 Å². The van der Waals surface area contributed by atoms with Gasteiger partial charge in [-0.15, -0.1) is 0 Å². The van der Waals surface area contributed by atoms with E-state index in [1.165, 1.54) is 12.1 Å². The summed E-state index contributed by atoms with van der Waals surface area (Å²) in [6, 6.07) is 17.3. The van der Waals surface area contributed by atoms with Gasteiger partial charge < -0.3 is 5.32 Å². The maximum atomic E-state index is 13.0. The van der Waals surface area contributed by atoms with Crippen LogP contribution in [0.3, 0.4) is 0 Å². The number of rotatable bonds is 7. The third-order valence-electron chi connectivity index (χ3n) is 5.97. The molecule has 1 aliphatic carbocycles. The number of amides is 1. The van der Waals surface area contributed by atoms with E-state index >= 15 is 0 Å².